The van der Waals surface area contributed by atoms with Gasteiger partial charge in [-0.05, 0) is 59.5 Å². The van der Waals surface area contributed by atoms with Crippen molar-refractivity contribution in [2.75, 3.05) is 6.61 Å². The Morgan fingerprint density at radius 3 is 2.11 bits per heavy atom. The zero-order chi connectivity index (χ0) is 19.4. The molecule has 3 rings (SSSR count). The van der Waals surface area contributed by atoms with Gasteiger partial charge in [0.2, 0.25) is 0 Å². The van der Waals surface area contributed by atoms with E-state index in [9.17, 15) is 0 Å². The van der Waals surface area contributed by atoms with Crippen LogP contribution in [0.3, 0.4) is 0 Å². The first-order chi connectivity index (χ1) is 13.8. The van der Waals surface area contributed by atoms with Crippen LogP contribution in [0.5, 0.6) is 5.75 Å². The maximum absolute atomic E-state index is 5.81. The van der Waals surface area contributed by atoms with Gasteiger partial charge in [-0.25, -0.2) is 0 Å². The second-order valence-electron chi connectivity index (χ2n) is 7.00. The molecule has 0 aliphatic rings. The maximum atomic E-state index is 5.81. The Hall–Kier alpha value is -2.87. The van der Waals surface area contributed by atoms with Gasteiger partial charge in [0.25, 0.3) is 0 Å². The number of nitrogens with zero attached hydrogens (tertiary/aromatic N) is 1. The Balaban J connectivity index is 1.49. The third-order valence-corrected chi connectivity index (χ3v) is 4.73. The predicted octanol–water partition coefficient (Wildman–Crippen LogP) is 7.45. The lowest BCUT2D eigenvalue weighted by molar-refractivity contribution is 0.304. The molecular formula is C26H29NO. The fraction of sp³-hybridized carbons (Fsp3) is 0.269. The lowest BCUT2D eigenvalue weighted by Crippen LogP contribution is -1.97. The summed E-state index contributed by atoms with van der Waals surface area (Å²) in [5.74, 6) is 0.930. The number of rotatable bonds is 10. The molecule has 0 heterocycles. The highest BCUT2D eigenvalue weighted by atomic mass is 16.5. The van der Waals surface area contributed by atoms with Crippen LogP contribution >= 0.6 is 0 Å². The van der Waals surface area contributed by atoms with Crippen LogP contribution in [0.1, 0.15) is 44.6 Å². The lowest BCUT2D eigenvalue weighted by atomic mass is 10.1. The Bertz CT molecular complexity index is 836. The van der Waals surface area contributed by atoms with Crippen LogP contribution in [0.25, 0.3) is 11.1 Å². The highest BCUT2D eigenvalue weighted by molar-refractivity contribution is 5.82. The summed E-state index contributed by atoms with van der Waals surface area (Å²) in [6.45, 7) is 3.03. The van der Waals surface area contributed by atoms with Crippen LogP contribution in [-0.2, 0) is 0 Å². The summed E-state index contributed by atoms with van der Waals surface area (Å²) in [5, 5.41) is 0. The Kier molecular flexibility index (Phi) is 7.87. The summed E-state index contributed by atoms with van der Waals surface area (Å²) in [5.41, 5.74) is 4.45. The minimum Gasteiger partial charge on any atom is -0.494 e. The van der Waals surface area contributed by atoms with Crippen molar-refractivity contribution >= 4 is 11.9 Å². The van der Waals surface area contributed by atoms with E-state index in [0.29, 0.717) is 0 Å². The molecule has 3 aromatic rings. The van der Waals surface area contributed by atoms with E-state index in [-0.39, 0.29) is 0 Å². The standard InChI is InChI=1S/C26H29NO/c1-2-3-4-5-9-20-28-26-18-12-22(13-19-26)21-27-25-16-14-24(15-17-25)23-10-7-6-8-11-23/h6-8,10-19,21H,2-5,9,20H2,1H3. The van der Waals surface area contributed by atoms with E-state index in [1.165, 1.54) is 36.8 Å². The number of ether oxygens (including phenoxy) is 1. The third kappa shape index (κ3) is 6.38. The Morgan fingerprint density at radius 1 is 0.714 bits per heavy atom. The molecule has 0 atom stereocenters. The summed E-state index contributed by atoms with van der Waals surface area (Å²) in [6, 6.07) is 26.8. The van der Waals surface area contributed by atoms with Gasteiger partial charge in [-0.3, -0.25) is 4.99 Å². The molecule has 0 fully saturated rings. The summed E-state index contributed by atoms with van der Waals surface area (Å²) in [7, 11) is 0. The molecule has 28 heavy (non-hydrogen) atoms. The van der Waals surface area contributed by atoms with E-state index >= 15 is 0 Å². The van der Waals surface area contributed by atoms with Gasteiger partial charge in [-0.1, -0.05) is 75.1 Å². The molecule has 0 spiro atoms. The van der Waals surface area contributed by atoms with E-state index in [1.807, 2.05) is 36.5 Å². The monoisotopic (exact) mass is 371 g/mol. The van der Waals surface area contributed by atoms with Crippen LogP contribution in [0.4, 0.5) is 5.69 Å². The highest BCUT2D eigenvalue weighted by Gasteiger charge is 1.97. The van der Waals surface area contributed by atoms with Crippen molar-refractivity contribution < 1.29 is 4.74 Å². The van der Waals surface area contributed by atoms with Gasteiger partial charge >= 0.3 is 0 Å². The average molecular weight is 372 g/mol. The molecule has 0 radical (unpaired) electrons. The first kappa shape index (κ1) is 19.9. The molecule has 2 heteroatoms. The largest absolute Gasteiger partial charge is 0.494 e. The van der Waals surface area contributed by atoms with Gasteiger partial charge in [0.15, 0.2) is 0 Å². The SMILES string of the molecule is CCCCCCCOc1ccc(C=Nc2ccc(-c3ccccc3)cc2)cc1. The maximum Gasteiger partial charge on any atom is 0.119 e. The minimum absolute atomic E-state index is 0.797. The first-order valence-electron chi connectivity index (χ1n) is 10.3. The molecule has 0 amide bonds. The molecular weight excluding hydrogens is 342 g/mol. The van der Waals surface area contributed by atoms with Crippen LogP contribution in [0.2, 0.25) is 0 Å². The van der Waals surface area contributed by atoms with Crippen molar-refractivity contribution in [1.29, 1.82) is 0 Å². The average Bonchev–Trinajstić information content (AvgIpc) is 2.76. The predicted molar refractivity (Wildman–Crippen MR) is 120 cm³/mol. The molecule has 0 unspecified atom stereocenters. The second-order valence-corrected chi connectivity index (χ2v) is 7.00. The highest BCUT2D eigenvalue weighted by Crippen LogP contribution is 2.22. The first-order valence-corrected chi connectivity index (χ1v) is 10.3. The number of unbranched alkanes of at least 4 members (excludes halogenated alkanes) is 4. The summed E-state index contributed by atoms with van der Waals surface area (Å²) >= 11 is 0. The van der Waals surface area contributed by atoms with E-state index in [1.54, 1.807) is 0 Å². The van der Waals surface area contributed by atoms with E-state index in [4.69, 9.17) is 4.74 Å². The smallest absolute Gasteiger partial charge is 0.119 e. The Labute approximate surface area is 168 Å². The van der Waals surface area contributed by atoms with Crippen molar-refractivity contribution in [1.82, 2.24) is 0 Å². The van der Waals surface area contributed by atoms with Crippen molar-refractivity contribution in [3.05, 3.63) is 84.4 Å². The number of benzene rings is 3. The van der Waals surface area contributed by atoms with Gasteiger partial charge in [-0.2, -0.15) is 0 Å². The topological polar surface area (TPSA) is 21.6 Å². The van der Waals surface area contributed by atoms with Gasteiger partial charge < -0.3 is 4.74 Å². The Morgan fingerprint density at radius 2 is 1.39 bits per heavy atom. The summed E-state index contributed by atoms with van der Waals surface area (Å²) in [4.78, 5) is 4.58. The van der Waals surface area contributed by atoms with Crippen molar-refractivity contribution in [3.63, 3.8) is 0 Å². The molecule has 0 aliphatic carbocycles. The number of hydrogen-bond acceptors (Lipinski definition) is 2. The summed E-state index contributed by atoms with van der Waals surface area (Å²) < 4.78 is 5.81. The molecule has 2 nitrogen and oxygen atoms in total. The van der Waals surface area contributed by atoms with Crippen molar-refractivity contribution in [3.8, 4) is 16.9 Å². The van der Waals surface area contributed by atoms with Crippen molar-refractivity contribution in [2.45, 2.75) is 39.0 Å². The van der Waals surface area contributed by atoms with Gasteiger partial charge in [0.1, 0.15) is 5.75 Å². The molecule has 0 N–H and O–H groups in total. The zero-order valence-corrected chi connectivity index (χ0v) is 16.7. The van der Waals surface area contributed by atoms with Gasteiger partial charge in [0.05, 0.1) is 12.3 Å². The fourth-order valence-electron chi connectivity index (χ4n) is 3.07. The fourth-order valence-corrected chi connectivity index (χ4v) is 3.07. The molecule has 3 aromatic carbocycles. The van der Waals surface area contributed by atoms with Crippen LogP contribution in [0.15, 0.2) is 83.9 Å². The summed E-state index contributed by atoms with van der Waals surface area (Å²) in [6.07, 6.45) is 8.18. The molecule has 144 valence electrons. The van der Waals surface area contributed by atoms with E-state index < -0.39 is 0 Å². The van der Waals surface area contributed by atoms with E-state index in [0.717, 1.165) is 30.0 Å². The van der Waals surface area contributed by atoms with Crippen LogP contribution in [0, 0.1) is 0 Å². The van der Waals surface area contributed by atoms with Gasteiger partial charge in [0, 0.05) is 6.21 Å². The lowest BCUT2D eigenvalue weighted by Gasteiger charge is -2.06. The number of hydrogen-bond donors (Lipinski definition) is 0. The van der Waals surface area contributed by atoms with E-state index in [2.05, 4.69) is 60.4 Å². The van der Waals surface area contributed by atoms with Crippen LogP contribution < -0.4 is 4.74 Å². The minimum atomic E-state index is 0.797. The molecule has 0 aromatic heterocycles. The van der Waals surface area contributed by atoms with Crippen LogP contribution in [-0.4, -0.2) is 12.8 Å². The molecule has 0 bridgehead atoms. The second kappa shape index (κ2) is 11.1. The normalized spacial score (nSPS) is 11.0. The van der Waals surface area contributed by atoms with Crippen molar-refractivity contribution in [2.24, 2.45) is 4.99 Å². The number of aliphatic imine (C=N–C) groups is 1. The molecule has 0 saturated heterocycles. The molecule has 0 saturated carbocycles. The zero-order valence-electron chi connectivity index (χ0n) is 16.7. The third-order valence-electron chi connectivity index (χ3n) is 4.73. The molecule has 0 aliphatic heterocycles. The van der Waals surface area contributed by atoms with Gasteiger partial charge in [-0.15, -0.1) is 0 Å². The quantitative estimate of drug-likeness (QED) is 0.268.